The smallest absolute Gasteiger partial charge is 0.126 e. The average molecular weight is 215 g/mol. The molecule has 3 nitrogen and oxygen atoms in total. The van der Waals surface area contributed by atoms with Gasteiger partial charge in [-0.1, -0.05) is 12.8 Å². The van der Waals surface area contributed by atoms with Gasteiger partial charge in [-0.05, 0) is 37.8 Å². The third kappa shape index (κ3) is 3.23. The highest BCUT2D eigenvalue weighted by molar-refractivity contribution is 5.39. The SMILES string of the molecule is CC(CCC1CC1)Nc1ccc(C#N)cn1. The topological polar surface area (TPSA) is 48.7 Å². The number of anilines is 1. The van der Waals surface area contributed by atoms with E-state index in [0.717, 1.165) is 11.7 Å². The monoisotopic (exact) mass is 215 g/mol. The summed E-state index contributed by atoms with van der Waals surface area (Å²) in [5, 5.41) is 12.0. The van der Waals surface area contributed by atoms with E-state index in [1.54, 1.807) is 12.3 Å². The lowest BCUT2D eigenvalue weighted by Gasteiger charge is -2.13. The van der Waals surface area contributed by atoms with Gasteiger partial charge < -0.3 is 5.32 Å². The van der Waals surface area contributed by atoms with E-state index in [-0.39, 0.29) is 0 Å². The molecule has 0 radical (unpaired) electrons. The molecule has 1 heterocycles. The zero-order chi connectivity index (χ0) is 11.4. The maximum atomic E-state index is 8.65. The van der Waals surface area contributed by atoms with Crippen LogP contribution in [0, 0.1) is 17.2 Å². The highest BCUT2D eigenvalue weighted by Crippen LogP contribution is 2.34. The van der Waals surface area contributed by atoms with Crippen molar-refractivity contribution in [3.63, 3.8) is 0 Å². The quantitative estimate of drug-likeness (QED) is 0.821. The molecule has 84 valence electrons. The summed E-state index contributed by atoms with van der Waals surface area (Å²) >= 11 is 0. The fourth-order valence-electron chi connectivity index (χ4n) is 1.76. The van der Waals surface area contributed by atoms with Crippen LogP contribution >= 0.6 is 0 Å². The fourth-order valence-corrected chi connectivity index (χ4v) is 1.76. The van der Waals surface area contributed by atoms with Crippen LogP contribution in [0.5, 0.6) is 0 Å². The highest BCUT2D eigenvalue weighted by Gasteiger charge is 2.21. The summed E-state index contributed by atoms with van der Waals surface area (Å²) in [6.07, 6.45) is 6.97. The lowest BCUT2D eigenvalue weighted by molar-refractivity contribution is 0.609. The largest absolute Gasteiger partial charge is 0.368 e. The second kappa shape index (κ2) is 4.98. The molecule has 0 amide bonds. The molecule has 0 spiro atoms. The van der Waals surface area contributed by atoms with Crippen molar-refractivity contribution in [3.05, 3.63) is 23.9 Å². The number of rotatable bonds is 5. The van der Waals surface area contributed by atoms with Crippen molar-refractivity contribution in [2.75, 3.05) is 5.32 Å². The van der Waals surface area contributed by atoms with E-state index in [1.165, 1.54) is 25.7 Å². The minimum atomic E-state index is 0.459. The number of aromatic nitrogens is 1. The first-order valence-electron chi connectivity index (χ1n) is 5.90. The number of hydrogen-bond donors (Lipinski definition) is 1. The molecule has 3 heteroatoms. The second-order valence-electron chi connectivity index (χ2n) is 4.61. The molecule has 1 aliphatic rings. The summed E-state index contributed by atoms with van der Waals surface area (Å²) in [5.74, 6) is 1.85. The van der Waals surface area contributed by atoms with Gasteiger partial charge in [0.15, 0.2) is 0 Å². The highest BCUT2D eigenvalue weighted by atomic mass is 15.0. The van der Waals surface area contributed by atoms with Gasteiger partial charge in [0.2, 0.25) is 0 Å². The van der Waals surface area contributed by atoms with E-state index in [2.05, 4.69) is 23.3 Å². The minimum absolute atomic E-state index is 0.459. The van der Waals surface area contributed by atoms with E-state index >= 15 is 0 Å². The summed E-state index contributed by atoms with van der Waals surface area (Å²) < 4.78 is 0. The first-order valence-corrected chi connectivity index (χ1v) is 5.90. The molecule has 1 fully saturated rings. The van der Waals surface area contributed by atoms with Crippen LogP contribution in [0.1, 0.15) is 38.2 Å². The molecule has 0 aliphatic heterocycles. The molecule has 1 saturated carbocycles. The Kier molecular flexibility index (Phi) is 3.40. The zero-order valence-electron chi connectivity index (χ0n) is 9.61. The standard InChI is InChI=1S/C13H17N3/c1-10(2-3-11-4-5-11)16-13-7-6-12(8-14)9-15-13/h6-7,9-11H,2-5H2,1H3,(H,15,16). The van der Waals surface area contributed by atoms with Crippen LogP contribution in [0.4, 0.5) is 5.82 Å². The van der Waals surface area contributed by atoms with Crippen LogP contribution in [0.25, 0.3) is 0 Å². The van der Waals surface area contributed by atoms with E-state index in [1.807, 2.05) is 6.07 Å². The third-order valence-electron chi connectivity index (χ3n) is 2.99. The normalized spacial score (nSPS) is 16.5. The number of hydrogen-bond acceptors (Lipinski definition) is 3. The van der Waals surface area contributed by atoms with E-state index in [4.69, 9.17) is 5.26 Å². The zero-order valence-corrected chi connectivity index (χ0v) is 9.61. The lowest BCUT2D eigenvalue weighted by atomic mass is 10.1. The predicted molar refractivity (Wildman–Crippen MR) is 64.0 cm³/mol. The first-order chi connectivity index (χ1) is 7.78. The number of nitriles is 1. The van der Waals surface area contributed by atoms with Crippen LogP contribution in [-0.4, -0.2) is 11.0 Å². The summed E-state index contributed by atoms with van der Waals surface area (Å²) in [5.41, 5.74) is 0.608. The van der Waals surface area contributed by atoms with E-state index < -0.39 is 0 Å². The molecular weight excluding hydrogens is 198 g/mol. The van der Waals surface area contributed by atoms with Gasteiger partial charge in [0.1, 0.15) is 11.9 Å². The summed E-state index contributed by atoms with van der Waals surface area (Å²) in [4.78, 5) is 4.20. The van der Waals surface area contributed by atoms with Gasteiger partial charge in [-0.3, -0.25) is 0 Å². The van der Waals surface area contributed by atoms with Crippen molar-refractivity contribution < 1.29 is 0 Å². The maximum Gasteiger partial charge on any atom is 0.126 e. The van der Waals surface area contributed by atoms with Crippen molar-refractivity contribution in [1.82, 2.24) is 4.98 Å². The second-order valence-corrected chi connectivity index (χ2v) is 4.61. The van der Waals surface area contributed by atoms with Gasteiger partial charge in [0, 0.05) is 12.2 Å². The summed E-state index contributed by atoms with van der Waals surface area (Å²) in [6.45, 7) is 2.18. The Morgan fingerprint density at radius 3 is 2.94 bits per heavy atom. The molecule has 0 saturated heterocycles. The molecule has 1 aromatic heterocycles. The Labute approximate surface area is 96.5 Å². The molecule has 1 atom stereocenters. The Morgan fingerprint density at radius 2 is 2.38 bits per heavy atom. The van der Waals surface area contributed by atoms with Crippen LogP contribution in [0.15, 0.2) is 18.3 Å². The van der Waals surface area contributed by atoms with Gasteiger partial charge >= 0.3 is 0 Å². The molecule has 0 bridgehead atoms. The van der Waals surface area contributed by atoms with Crippen molar-refractivity contribution in [2.45, 2.75) is 38.6 Å². The molecular formula is C13H17N3. The van der Waals surface area contributed by atoms with E-state index in [0.29, 0.717) is 11.6 Å². The van der Waals surface area contributed by atoms with Crippen molar-refractivity contribution in [2.24, 2.45) is 5.92 Å². The first kappa shape index (κ1) is 10.9. The Balaban J connectivity index is 1.80. The van der Waals surface area contributed by atoms with Gasteiger partial charge in [0.05, 0.1) is 5.56 Å². The molecule has 1 aliphatic carbocycles. The van der Waals surface area contributed by atoms with Crippen molar-refractivity contribution in [3.8, 4) is 6.07 Å². The average Bonchev–Trinajstić information content (AvgIpc) is 3.11. The van der Waals surface area contributed by atoms with Gasteiger partial charge in [-0.15, -0.1) is 0 Å². The molecule has 1 unspecified atom stereocenters. The lowest BCUT2D eigenvalue weighted by Crippen LogP contribution is -2.15. The number of nitrogens with one attached hydrogen (secondary N) is 1. The molecule has 16 heavy (non-hydrogen) atoms. The van der Waals surface area contributed by atoms with Crippen LogP contribution in [0.3, 0.4) is 0 Å². The Bertz CT molecular complexity index is 373. The molecule has 2 rings (SSSR count). The van der Waals surface area contributed by atoms with E-state index in [9.17, 15) is 0 Å². The fraction of sp³-hybridized carbons (Fsp3) is 0.538. The third-order valence-corrected chi connectivity index (χ3v) is 2.99. The number of pyridine rings is 1. The van der Waals surface area contributed by atoms with Gasteiger partial charge in [-0.25, -0.2) is 4.98 Å². The molecule has 0 aromatic carbocycles. The van der Waals surface area contributed by atoms with Gasteiger partial charge in [0.25, 0.3) is 0 Å². The maximum absolute atomic E-state index is 8.65. The van der Waals surface area contributed by atoms with Crippen LogP contribution < -0.4 is 5.32 Å². The summed E-state index contributed by atoms with van der Waals surface area (Å²) in [7, 11) is 0. The van der Waals surface area contributed by atoms with Crippen LogP contribution in [0.2, 0.25) is 0 Å². The Hall–Kier alpha value is -1.56. The predicted octanol–water partition coefficient (Wildman–Crippen LogP) is 2.94. The van der Waals surface area contributed by atoms with Gasteiger partial charge in [-0.2, -0.15) is 5.26 Å². The van der Waals surface area contributed by atoms with Crippen molar-refractivity contribution in [1.29, 1.82) is 5.26 Å². The minimum Gasteiger partial charge on any atom is -0.368 e. The van der Waals surface area contributed by atoms with Crippen molar-refractivity contribution >= 4 is 5.82 Å². The number of nitrogens with zero attached hydrogens (tertiary/aromatic N) is 2. The molecule has 1 aromatic rings. The van der Waals surface area contributed by atoms with Crippen LogP contribution in [-0.2, 0) is 0 Å². The summed E-state index contributed by atoms with van der Waals surface area (Å²) in [6, 6.07) is 6.19. The molecule has 1 N–H and O–H groups in total. The Morgan fingerprint density at radius 1 is 1.56 bits per heavy atom.